The maximum Gasteiger partial charge on any atom is 0.305 e. The van der Waals surface area contributed by atoms with E-state index in [9.17, 15) is 9.59 Å². The minimum absolute atomic E-state index is 0.0458. The van der Waals surface area contributed by atoms with Gasteiger partial charge in [-0.1, -0.05) is 0 Å². The molecule has 0 atom stereocenters. The number of hydrogen-bond acceptors (Lipinski definition) is 2. The highest BCUT2D eigenvalue weighted by Gasteiger charge is 2.26. The van der Waals surface area contributed by atoms with Crippen LogP contribution in [0, 0.1) is 0 Å². The van der Waals surface area contributed by atoms with E-state index in [0.717, 1.165) is 12.8 Å². The molecule has 2 N–H and O–H groups in total. The van der Waals surface area contributed by atoms with Crippen molar-refractivity contribution in [1.82, 2.24) is 9.88 Å². The second kappa shape index (κ2) is 4.38. The van der Waals surface area contributed by atoms with Crippen molar-refractivity contribution >= 4 is 11.9 Å². The van der Waals surface area contributed by atoms with Crippen LogP contribution in [0.25, 0.3) is 0 Å². The van der Waals surface area contributed by atoms with E-state index in [1.54, 1.807) is 6.07 Å². The van der Waals surface area contributed by atoms with Crippen molar-refractivity contribution in [2.75, 3.05) is 6.54 Å². The molecule has 1 aliphatic carbocycles. The molecule has 0 aliphatic heterocycles. The van der Waals surface area contributed by atoms with Gasteiger partial charge in [-0.2, -0.15) is 0 Å². The van der Waals surface area contributed by atoms with Crippen LogP contribution in [0.15, 0.2) is 18.3 Å². The molecule has 5 nitrogen and oxygen atoms in total. The molecule has 1 fully saturated rings. The highest BCUT2D eigenvalue weighted by atomic mass is 16.4. The number of nitrogens with one attached hydrogen (secondary N) is 1. The van der Waals surface area contributed by atoms with Crippen LogP contribution in [0.3, 0.4) is 0 Å². The number of carbonyl (C=O) groups excluding carboxylic acids is 1. The highest BCUT2D eigenvalue weighted by molar-refractivity contribution is 5.93. The first kappa shape index (κ1) is 10.7. The molecular formula is C11H14N2O3. The van der Waals surface area contributed by atoms with Crippen LogP contribution in [0.2, 0.25) is 0 Å². The second-order valence-electron chi connectivity index (χ2n) is 3.93. The predicted octanol–water partition coefficient (Wildman–Crippen LogP) is 1.03. The lowest BCUT2D eigenvalue weighted by Gasteiger charge is -2.07. The Morgan fingerprint density at radius 2 is 2.25 bits per heavy atom. The van der Waals surface area contributed by atoms with Gasteiger partial charge in [0.1, 0.15) is 5.69 Å². The molecule has 5 heteroatoms. The van der Waals surface area contributed by atoms with Gasteiger partial charge in [0, 0.05) is 18.8 Å². The molecule has 16 heavy (non-hydrogen) atoms. The van der Waals surface area contributed by atoms with E-state index in [1.165, 1.54) is 0 Å². The lowest BCUT2D eigenvalue weighted by atomic mass is 10.3. The number of carbonyl (C=O) groups is 2. The van der Waals surface area contributed by atoms with Crippen molar-refractivity contribution in [1.29, 1.82) is 0 Å². The summed E-state index contributed by atoms with van der Waals surface area (Å²) in [5.74, 6) is -1.10. The Labute approximate surface area is 93.1 Å². The predicted molar refractivity (Wildman–Crippen MR) is 57.3 cm³/mol. The van der Waals surface area contributed by atoms with Crippen molar-refractivity contribution in [3.8, 4) is 0 Å². The van der Waals surface area contributed by atoms with Gasteiger partial charge >= 0.3 is 5.97 Å². The molecule has 0 saturated heterocycles. The third-order valence-corrected chi connectivity index (χ3v) is 2.58. The summed E-state index contributed by atoms with van der Waals surface area (Å²) in [4.78, 5) is 22.0. The normalized spacial score (nSPS) is 14.8. The summed E-state index contributed by atoms with van der Waals surface area (Å²) in [7, 11) is 0. The summed E-state index contributed by atoms with van der Waals surface area (Å²) < 4.78 is 1.95. The van der Waals surface area contributed by atoms with Gasteiger partial charge in [-0.3, -0.25) is 9.59 Å². The van der Waals surface area contributed by atoms with Gasteiger partial charge < -0.3 is 15.0 Å². The molecule has 1 aromatic rings. The SMILES string of the molecule is O=C(O)CCNC(=O)c1cccn1C1CC1. The molecule has 0 spiro atoms. The van der Waals surface area contributed by atoms with E-state index in [-0.39, 0.29) is 18.9 Å². The molecule has 1 heterocycles. The molecule has 0 aromatic carbocycles. The Morgan fingerprint density at radius 1 is 1.50 bits per heavy atom. The van der Waals surface area contributed by atoms with Gasteiger partial charge in [0.2, 0.25) is 0 Å². The molecule has 0 radical (unpaired) electrons. The summed E-state index contributed by atoms with van der Waals surface area (Å²) in [6.45, 7) is 0.171. The van der Waals surface area contributed by atoms with Crippen molar-refractivity contribution < 1.29 is 14.7 Å². The maximum atomic E-state index is 11.7. The molecule has 0 unspecified atom stereocenters. The Morgan fingerprint density at radius 3 is 2.88 bits per heavy atom. The Balaban J connectivity index is 1.92. The quantitative estimate of drug-likeness (QED) is 0.781. The largest absolute Gasteiger partial charge is 0.481 e. The van der Waals surface area contributed by atoms with Gasteiger partial charge in [0.25, 0.3) is 5.91 Å². The van der Waals surface area contributed by atoms with Gasteiger partial charge in [-0.05, 0) is 25.0 Å². The number of aromatic nitrogens is 1. The van der Waals surface area contributed by atoms with Crippen molar-refractivity contribution in [2.45, 2.75) is 25.3 Å². The molecule has 1 aromatic heterocycles. The van der Waals surface area contributed by atoms with E-state index in [1.807, 2.05) is 16.8 Å². The third kappa shape index (κ3) is 2.42. The van der Waals surface area contributed by atoms with E-state index in [2.05, 4.69) is 5.32 Å². The van der Waals surface area contributed by atoms with Crippen LogP contribution in [-0.2, 0) is 4.79 Å². The fourth-order valence-corrected chi connectivity index (χ4v) is 1.63. The Hall–Kier alpha value is -1.78. The summed E-state index contributed by atoms with van der Waals surface area (Å²) >= 11 is 0. The van der Waals surface area contributed by atoms with Crippen molar-refractivity contribution in [2.24, 2.45) is 0 Å². The first-order chi connectivity index (χ1) is 7.68. The van der Waals surface area contributed by atoms with Crippen LogP contribution in [0.5, 0.6) is 0 Å². The van der Waals surface area contributed by atoms with Gasteiger partial charge in [-0.15, -0.1) is 0 Å². The number of carboxylic acids is 1. The summed E-state index contributed by atoms with van der Waals surface area (Å²) in [6.07, 6.45) is 4.08. The number of aliphatic carboxylic acids is 1. The average molecular weight is 222 g/mol. The second-order valence-corrected chi connectivity index (χ2v) is 3.93. The number of hydrogen-bond donors (Lipinski definition) is 2. The summed E-state index contributed by atoms with van der Waals surface area (Å²) in [5, 5.41) is 11.1. The minimum Gasteiger partial charge on any atom is -0.481 e. The zero-order chi connectivity index (χ0) is 11.5. The van der Waals surface area contributed by atoms with Crippen LogP contribution >= 0.6 is 0 Å². The molecule has 86 valence electrons. The molecule has 1 aliphatic rings. The number of amides is 1. The fourth-order valence-electron chi connectivity index (χ4n) is 1.63. The zero-order valence-corrected chi connectivity index (χ0v) is 8.85. The van der Waals surface area contributed by atoms with E-state index < -0.39 is 5.97 Å². The topological polar surface area (TPSA) is 71.3 Å². The number of nitrogens with zero attached hydrogens (tertiary/aromatic N) is 1. The summed E-state index contributed by atoms with van der Waals surface area (Å²) in [6, 6.07) is 4.05. The average Bonchev–Trinajstić information content (AvgIpc) is 2.95. The smallest absolute Gasteiger partial charge is 0.305 e. The Kier molecular flexibility index (Phi) is 2.94. The van der Waals surface area contributed by atoms with Gasteiger partial charge in [-0.25, -0.2) is 0 Å². The van der Waals surface area contributed by atoms with Crippen LogP contribution < -0.4 is 5.32 Å². The molecule has 2 rings (SSSR count). The lowest BCUT2D eigenvalue weighted by Crippen LogP contribution is -2.27. The zero-order valence-electron chi connectivity index (χ0n) is 8.85. The summed E-state index contributed by atoms with van der Waals surface area (Å²) in [5.41, 5.74) is 0.618. The third-order valence-electron chi connectivity index (χ3n) is 2.58. The lowest BCUT2D eigenvalue weighted by molar-refractivity contribution is -0.136. The van der Waals surface area contributed by atoms with E-state index >= 15 is 0 Å². The number of carboxylic acid groups (broad SMARTS) is 1. The maximum absolute atomic E-state index is 11.7. The molecule has 0 bridgehead atoms. The first-order valence-electron chi connectivity index (χ1n) is 5.35. The first-order valence-corrected chi connectivity index (χ1v) is 5.35. The van der Waals surface area contributed by atoms with Crippen LogP contribution in [0.4, 0.5) is 0 Å². The fraction of sp³-hybridized carbons (Fsp3) is 0.455. The van der Waals surface area contributed by atoms with Crippen LogP contribution in [-0.4, -0.2) is 28.1 Å². The van der Waals surface area contributed by atoms with E-state index in [0.29, 0.717) is 11.7 Å². The minimum atomic E-state index is -0.905. The standard InChI is InChI=1S/C11H14N2O3/c14-10(15)5-6-12-11(16)9-2-1-7-13(9)8-3-4-8/h1-2,7-8H,3-6H2,(H,12,16)(H,14,15). The molecule has 1 saturated carbocycles. The van der Waals surface area contributed by atoms with Crippen molar-refractivity contribution in [3.63, 3.8) is 0 Å². The van der Waals surface area contributed by atoms with E-state index in [4.69, 9.17) is 5.11 Å². The Bertz CT molecular complexity index is 407. The van der Waals surface area contributed by atoms with Crippen molar-refractivity contribution in [3.05, 3.63) is 24.0 Å². The number of rotatable bonds is 5. The monoisotopic (exact) mass is 222 g/mol. The molecular weight excluding hydrogens is 208 g/mol. The molecule has 1 amide bonds. The highest BCUT2D eigenvalue weighted by Crippen LogP contribution is 2.35. The van der Waals surface area contributed by atoms with Crippen LogP contribution in [0.1, 0.15) is 35.8 Å². The van der Waals surface area contributed by atoms with Gasteiger partial charge in [0.15, 0.2) is 0 Å². The van der Waals surface area contributed by atoms with Gasteiger partial charge in [0.05, 0.1) is 6.42 Å².